The van der Waals surface area contributed by atoms with Crippen LogP contribution in [0, 0.1) is 5.92 Å². The molecule has 20 heavy (non-hydrogen) atoms. The average molecular weight is 278 g/mol. The van der Waals surface area contributed by atoms with Crippen molar-refractivity contribution in [2.45, 2.75) is 25.8 Å². The maximum Gasteiger partial charge on any atom is 0.125 e. The van der Waals surface area contributed by atoms with E-state index in [9.17, 15) is 0 Å². The zero-order chi connectivity index (χ0) is 14.5. The van der Waals surface area contributed by atoms with E-state index in [1.807, 2.05) is 19.1 Å². The molecule has 0 radical (unpaired) electrons. The molecule has 1 aliphatic rings. The van der Waals surface area contributed by atoms with Gasteiger partial charge >= 0.3 is 0 Å². The van der Waals surface area contributed by atoms with Crippen LogP contribution in [0.25, 0.3) is 0 Å². The third-order valence-electron chi connectivity index (χ3n) is 3.75. The van der Waals surface area contributed by atoms with E-state index in [0.29, 0.717) is 0 Å². The largest absolute Gasteiger partial charge is 0.496 e. The number of benzene rings is 1. The molecule has 1 aromatic rings. The van der Waals surface area contributed by atoms with Gasteiger partial charge in [-0.1, -0.05) is 6.07 Å². The molecule has 1 atom stereocenters. The number of hydrogen-bond acceptors (Lipinski definition) is 4. The van der Waals surface area contributed by atoms with Gasteiger partial charge in [0, 0.05) is 37.5 Å². The van der Waals surface area contributed by atoms with Crippen molar-refractivity contribution in [1.82, 2.24) is 0 Å². The summed E-state index contributed by atoms with van der Waals surface area (Å²) in [5, 5.41) is 0. The van der Waals surface area contributed by atoms with Gasteiger partial charge in [-0.15, -0.1) is 0 Å². The number of ether oxygens (including phenoxy) is 2. The molecule has 1 fully saturated rings. The van der Waals surface area contributed by atoms with E-state index in [-0.39, 0.29) is 6.04 Å². The lowest BCUT2D eigenvalue weighted by atomic mass is 10.0. The number of hydrogen-bond donors (Lipinski definition) is 1. The van der Waals surface area contributed by atoms with Crippen LogP contribution in [-0.2, 0) is 4.74 Å². The van der Waals surface area contributed by atoms with E-state index in [4.69, 9.17) is 15.2 Å². The van der Waals surface area contributed by atoms with Crippen molar-refractivity contribution in [2.75, 3.05) is 38.8 Å². The lowest BCUT2D eigenvalue weighted by molar-refractivity contribution is 0.131. The number of likely N-dealkylation sites (N-methyl/N-ethyl adjacent to an activating group) is 1. The van der Waals surface area contributed by atoms with E-state index in [2.05, 4.69) is 18.0 Å². The summed E-state index contributed by atoms with van der Waals surface area (Å²) < 4.78 is 11.1. The molecule has 0 aliphatic heterocycles. The van der Waals surface area contributed by atoms with Crippen LogP contribution in [0.4, 0.5) is 5.69 Å². The Kier molecular flexibility index (Phi) is 5.26. The van der Waals surface area contributed by atoms with Crippen LogP contribution in [0.3, 0.4) is 0 Å². The Hall–Kier alpha value is -1.26. The monoisotopic (exact) mass is 278 g/mol. The number of rotatable bonds is 8. The fraction of sp³-hybridized carbons (Fsp3) is 0.625. The second kappa shape index (κ2) is 6.95. The Bertz CT molecular complexity index is 430. The first-order valence-electron chi connectivity index (χ1n) is 7.34. The third-order valence-corrected chi connectivity index (χ3v) is 3.75. The van der Waals surface area contributed by atoms with Crippen LogP contribution in [0.1, 0.15) is 31.4 Å². The van der Waals surface area contributed by atoms with Gasteiger partial charge in [-0.3, -0.25) is 0 Å². The smallest absolute Gasteiger partial charge is 0.125 e. The van der Waals surface area contributed by atoms with Crippen molar-refractivity contribution in [3.63, 3.8) is 0 Å². The van der Waals surface area contributed by atoms with Gasteiger partial charge in [0.2, 0.25) is 0 Å². The van der Waals surface area contributed by atoms with Crippen molar-refractivity contribution >= 4 is 5.69 Å². The topological polar surface area (TPSA) is 47.7 Å². The minimum atomic E-state index is -0.0593. The van der Waals surface area contributed by atoms with Gasteiger partial charge in [-0.05, 0) is 37.8 Å². The summed E-state index contributed by atoms with van der Waals surface area (Å²) in [4.78, 5) is 2.19. The van der Waals surface area contributed by atoms with Crippen molar-refractivity contribution < 1.29 is 9.47 Å². The molecule has 1 aliphatic carbocycles. The normalized spacial score (nSPS) is 16.0. The number of anilines is 1. The van der Waals surface area contributed by atoms with Crippen molar-refractivity contribution in [2.24, 2.45) is 11.7 Å². The van der Waals surface area contributed by atoms with E-state index in [1.165, 1.54) is 12.8 Å². The summed E-state index contributed by atoms with van der Waals surface area (Å²) in [6.07, 6.45) is 2.67. The SMILES string of the molecule is COc1cccc(N(C)CCOCC2CC2)c1[C@@H](C)N. The van der Waals surface area contributed by atoms with Crippen LogP contribution in [0.2, 0.25) is 0 Å². The van der Waals surface area contributed by atoms with Gasteiger partial charge in [0.25, 0.3) is 0 Å². The molecule has 0 aromatic heterocycles. The van der Waals surface area contributed by atoms with Gasteiger partial charge in [-0.25, -0.2) is 0 Å². The van der Waals surface area contributed by atoms with Crippen LogP contribution in [-0.4, -0.2) is 33.9 Å². The Labute approximate surface area is 121 Å². The molecule has 1 saturated carbocycles. The summed E-state index contributed by atoms with van der Waals surface area (Å²) in [6, 6.07) is 5.99. The van der Waals surface area contributed by atoms with E-state index in [1.54, 1.807) is 7.11 Å². The van der Waals surface area contributed by atoms with Crippen LogP contribution in [0.15, 0.2) is 18.2 Å². The average Bonchev–Trinajstić information content (AvgIpc) is 3.26. The fourth-order valence-corrected chi connectivity index (χ4v) is 2.36. The van der Waals surface area contributed by atoms with E-state index >= 15 is 0 Å². The quantitative estimate of drug-likeness (QED) is 0.743. The third kappa shape index (κ3) is 3.87. The van der Waals surface area contributed by atoms with Gasteiger partial charge < -0.3 is 20.1 Å². The van der Waals surface area contributed by atoms with Crippen molar-refractivity contribution in [3.05, 3.63) is 23.8 Å². The highest BCUT2D eigenvalue weighted by Crippen LogP contribution is 2.33. The predicted octanol–water partition coefficient (Wildman–Crippen LogP) is 2.58. The molecular formula is C16H26N2O2. The number of nitrogens with zero attached hydrogens (tertiary/aromatic N) is 1. The number of nitrogens with two attached hydrogens (primary N) is 1. The minimum absolute atomic E-state index is 0.0593. The molecule has 112 valence electrons. The second-order valence-electron chi connectivity index (χ2n) is 5.62. The van der Waals surface area contributed by atoms with Gasteiger partial charge in [0.15, 0.2) is 0 Å². The highest BCUT2D eigenvalue weighted by atomic mass is 16.5. The zero-order valence-electron chi connectivity index (χ0n) is 12.8. The summed E-state index contributed by atoms with van der Waals surface area (Å²) >= 11 is 0. The van der Waals surface area contributed by atoms with Crippen LogP contribution < -0.4 is 15.4 Å². The van der Waals surface area contributed by atoms with Gasteiger partial charge in [0.1, 0.15) is 5.75 Å². The highest BCUT2D eigenvalue weighted by molar-refractivity contribution is 5.60. The Morgan fingerprint density at radius 1 is 1.40 bits per heavy atom. The maximum atomic E-state index is 6.09. The molecular weight excluding hydrogens is 252 g/mol. The number of methoxy groups -OCH3 is 1. The van der Waals surface area contributed by atoms with E-state index in [0.717, 1.165) is 42.7 Å². The molecule has 0 amide bonds. The molecule has 2 rings (SSSR count). The van der Waals surface area contributed by atoms with Crippen LogP contribution >= 0.6 is 0 Å². The van der Waals surface area contributed by atoms with Crippen molar-refractivity contribution in [3.8, 4) is 5.75 Å². The molecule has 4 heteroatoms. The molecule has 0 saturated heterocycles. The molecule has 4 nitrogen and oxygen atoms in total. The Morgan fingerprint density at radius 2 is 2.15 bits per heavy atom. The summed E-state index contributed by atoms with van der Waals surface area (Å²) in [6.45, 7) is 4.51. The molecule has 0 bridgehead atoms. The van der Waals surface area contributed by atoms with Gasteiger partial charge in [0.05, 0.1) is 13.7 Å². The molecule has 0 spiro atoms. The predicted molar refractivity (Wildman–Crippen MR) is 82.4 cm³/mol. The lowest BCUT2D eigenvalue weighted by Crippen LogP contribution is -2.25. The molecule has 0 unspecified atom stereocenters. The molecule has 1 aromatic carbocycles. The summed E-state index contributed by atoms with van der Waals surface area (Å²) in [7, 11) is 3.75. The Balaban J connectivity index is 1.97. The van der Waals surface area contributed by atoms with Gasteiger partial charge in [-0.2, -0.15) is 0 Å². The minimum Gasteiger partial charge on any atom is -0.496 e. The van der Waals surface area contributed by atoms with Crippen molar-refractivity contribution in [1.29, 1.82) is 0 Å². The molecule has 2 N–H and O–H groups in total. The zero-order valence-corrected chi connectivity index (χ0v) is 12.8. The van der Waals surface area contributed by atoms with Crippen LogP contribution in [0.5, 0.6) is 5.75 Å². The maximum absolute atomic E-state index is 6.09. The fourth-order valence-electron chi connectivity index (χ4n) is 2.36. The molecule has 0 heterocycles. The highest BCUT2D eigenvalue weighted by Gasteiger charge is 2.21. The lowest BCUT2D eigenvalue weighted by Gasteiger charge is -2.25. The standard InChI is InChI=1S/C16H26N2O2/c1-12(17)16-14(5-4-6-15(16)19-3)18(2)9-10-20-11-13-7-8-13/h4-6,12-13H,7-11,17H2,1-3H3/t12-/m1/s1. The summed E-state index contributed by atoms with van der Waals surface area (Å²) in [5.74, 6) is 1.67. The van der Waals surface area contributed by atoms with E-state index < -0.39 is 0 Å². The second-order valence-corrected chi connectivity index (χ2v) is 5.62. The first-order valence-corrected chi connectivity index (χ1v) is 7.34. The first-order chi connectivity index (χ1) is 9.63. The summed E-state index contributed by atoms with van der Waals surface area (Å²) in [5.41, 5.74) is 8.27. The first kappa shape index (κ1) is 15.1. The Morgan fingerprint density at radius 3 is 2.75 bits per heavy atom.